The van der Waals surface area contributed by atoms with Gasteiger partial charge in [0, 0.05) is 28.9 Å². The summed E-state index contributed by atoms with van der Waals surface area (Å²) in [5.41, 5.74) is 1.65. The van der Waals surface area contributed by atoms with E-state index in [4.69, 9.17) is 27.6 Å². The molecule has 132 valence electrons. The Kier molecular flexibility index (Phi) is 5.30. The van der Waals surface area contributed by atoms with E-state index in [-0.39, 0.29) is 11.7 Å². The van der Waals surface area contributed by atoms with Crippen LogP contribution in [-0.4, -0.2) is 18.9 Å². The van der Waals surface area contributed by atoms with Crippen molar-refractivity contribution in [1.82, 2.24) is 5.32 Å². The van der Waals surface area contributed by atoms with E-state index in [0.717, 1.165) is 0 Å². The normalized spacial score (nSPS) is 10.4. The number of nitrogens with one attached hydrogen (secondary N) is 2. The molecule has 0 unspecified atom stereocenters. The van der Waals surface area contributed by atoms with Gasteiger partial charge in [0.1, 0.15) is 5.76 Å². The number of hydrogen-bond acceptors (Lipinski definition) is 3. The van der Waals surface area contributed by atoms with Crippen molar-refractivity contribution in [2.24, 2.45) is 0 Å². The number of carbonyl (C=O) groups is 2. The monoisotopic (exact) mass is 388 g/mol. The first-order valence-corrected chi connectivity index (χ1v) is 8.42. The van der Waals surface area contributed by atoms with Gasteiger partial charge >= 0.3 is 0 Å². The van der Waals surface area contributed by atoms with E-state index >= 15 is 0 Å². The molecule has 2 aromatic carbocycles. The van der Waals surface area contributed by atoms with Crippen LogP contribution in [0.4, 0.5) is 5.69 Å². The first-order valence-electron chi connectivity index (χ1n) is 7.66. The summed E-state index contributed by atoms with van der Waals surface area (Å²) in [4.78, 5) is 23.9. The summed E-state index contributed by atoms with van der Waals surface area (Å²) in [5, 5.41) is 6.23. The van der Waals surface area contributed by atoms with Crippen LogP contribution in [0.25, 0.3) is 11.3 Å². The number of halogens is 2. The molecule has 0 bridgehead atoms. The summed E-state index contributed by atoms with van der Waals surface area (Å²) in [7, 11) is 1.55. The van der Waals surface area contributed by atoms with Crippen LogP contribution >= 0.6 is 23.2 Å². The summed E-state index contributed by atoms with van der Waals surface area (Å²) in [6.45, 7) is 0. The van der Waals surface area contributed by atoms with E-state index in [1.54, 1.807) is 61.6 Å². The van der Waals surface area contributed by atoms with E-state index < -0.39 is 5.91 Å². The molecule has 0 aliphatic carbocycles. The number of furan rings is 1. The highest BCUT2D eigenvalue weighted by Gasteiger charge is 2.15. The lowest BCUT2D eigenvalue weighted by molar-refractivity contribution is 0.0962. The molecule has 0 aliphatic heterocycles. The second kappa shape index (κ2) is 7.64. The van der Waals surface area contributed by atoms with Crippen LogP contribution in [0.1, 0.15) is 20.9 Å². The minimum Gasteiger partial charge on any atom is -0.451 e. The van der Waals surface area contributed by atoms with Crippen molar-refractivity contribution in [3.63, 3.8) is 0 Å². The van der Waals surface area contributed by atoms with E-state index in [1.807, 2.05) is 0 Å². The number of benzene rings is 2. The summed E-state index contributed by atoms with van der Waals surface area (Å²) in [5.74, 6) is -0.0388. The lowest BCUT2D eigenvalue weighted by atomic mass is 10.2. The molecular formula is C19H14Cl2N2O3. The summed E-state index contributed by atoms with van der Waals surface area (Å²) in [6.07, 6.45) is 0. The summed E-state index contributed by atoms with van der Waals surface area (Å²) < 4.78 is 5.60. The van der Waals surface area contributed by atoms with Gasteiger partial charge in [-0.05, 0) is 54.6 Å². The molecular weight excluding hydrogens is 375 g/mol. The van der Waals surface area contributed by atoms with Crippen molar-refractivity contribution in [3.8, 4) is 11.3 Å². The third-order valence-electron chi connectivity index (χ3n) is 3.66. The number of amides is 2. The topological polar surface area (TPSA) is 71.3 Å². The van der Waals surface area contributed by atoms with Crippen molar-refractivity contribution in [2.75, 3.05) is 12.4 Å². The van der Waals surface area contributed by atoms with Crippen molar-refractivity contribution in [2.45, 2.75) is 0 Å². The SMILES string of the molecule is CNC(=O)c1ccc(NC(=O)c2ccc(-c3cc(Cl)ccc3Cl)o2)cc1. The van der Waals surface area contributed by atoms with Crippen LogP contribution in [0.3, 0.4) is 0 Å². The van der Waals surface area contributed by atoms with Gasteiger partial charge in [0.15, 0.2) is 5.76 Å². The third kappa shape index (κ3) is 3.90. The van der Waals surface area contributed by atoms with E-state index in [0.29, 0.717) is 32.6 Å². The van der Waals surface area contributed by atoms with Gasteiger partial charge in [-0.3, -0.25) is 9.59 Å². The molecule has 0 radical (unpaired) electrons. The van der Waals surface area contributed by atoms with Crippen LogP contribution < -0.4 is 10.6 Å². The molecule has 0 saturated carbocycles. The molecule has 0 spiro atoms. The van der Waals surface area contributed by atoms with E-state index in [2.05, 4.69) is 10.6 Å². The standard InChI is InChI=1S/C19H14Cl2N2O3/c1-22-18(24)11-2-5-13(6-3-11)23-19(25)17-9-8-16(26-17)14-10-12(20)4-7-15(14)21/h2-10H,1H3,(H,22,24)(H,23,25). The van der Waals surface area contributed by atoms with E-state index in [1.165, 1.54) is 0 Å². The van der Waals surface area contributed by atoms with E-state index in [9.17, 15) is 9.59 Å². The Bertz CT molecular complexity index is 965. The molecule has 3 rings (SSSR count). The van der Waals surface area contributed by atoms with Gasteiger partial charge in [0.2, 0.25) is 0 Å². The van der Waals surface area contributed by atoms with Crippen LogP contribution in [0.15, 0.2) is 59.0 Å². The van der Waals surface area contributed by atoms with Gasteiger partial charge in [-0.25, -0.2) is 0 Å². The Morgan fingerprint density at radius 2 is 1.65 bits per heavy atom. The molecule has 1 heterocycles. The largest absolute Gasteiger partial charge is 0.451 e. The average Bonchev–Trinajstić information content (AvgIpc) is 3.14. The van der Waals surface area contributed by atoms with Crippen LogP contribution in [-0.2, 0) is 0 Å². The molecule has 3 aromatic rings. The van der Waals surface area contributed by atoms with Crippen molar-refractivity contribution >= 4 is 40.7 Å². The maximum absolute atomic E-state index is 12.3. The third-order valence-corrected chi connectivity index (χ3v) is 4.22. The fourth-order valence-electron chi connectivity index (χ4n) is 2.33. The van der Waals surface area contributed by atoms with Crippen molar-refractivity contribution < 1.29 is 14.0 Å². The zero-order chi connectivity index (χ0) is 18.7. The molecule has 0 atom stereocenters. The number of anilines is 1. The van der Waals surface area contributed by atoms with Gasteiger partial charge in [-0.1, -0.05) is 23.2 Å². The number of rotatable bonds is 4. The maximum atomic E-state index is 12.3. The van der Waals surface area contributed by atoms with Gasteiger partial charge in [0.05, 0.1) is 5.02 Å². The molecule has 0 fully saturated rings. The molecule has 2 N–H and O–H groups in total. The van der Waals surface area contributed by atoms with Crippen molar-refractivity contribution in [3.05, 3.63) is 76.0 Å². The second-order valence-corrected chi connectivity index (χ2v) is 6.24. The maximum Gasteiger partial charge on any atom is 0.291 e. The van der Waals surface area contributed by atoms with Gasteiger partial charge in [0.25, 0.3) is 11.8 Å². The first-order chi connectivity index (χ1) is 12.5. The zero-order valence-electron chi connectivity index (χ0n) is 13.7. The van der Waals surface area contributed by atoms with Crippen molar-refractivity contribution in [1.29, 1.82) is 0 Å². The molecule has 7 heteroatoms. The molecule has 5 nitrogen and oxygen atoms in total. The van der Waals surface area contributed by atoms with Gasteiger partial charge in [-0.15, -0.1) is 0 Å². The Morgan fingerprint density at radius 1 is 0.923 bits per heavy atom. The summed E-state index contributed by atoms with van der Waals surface area (Å²) >= 11 is 12.1. The van der Waals surface area contributed by atoms with Crippen LogP contribution in [0.5, 0.6) is 0 Å². The molecule has 0 aliphatic rings. The minimum atomic E-state index is -0.415. The fourth-order valence-corrected chi connectivity index (χ4v) is 2.72. The molecule has 2 amide bonds. The Hall–Kier alpha value is -2.76. The van der Waals surface area contributed by atoms with Gasteiger partial charge in [-0.2, -0.15) is 0 Å². The highest BCUT2D eigenvalue weighted by Crippen LogP contribution is 2.32. The minimum absolute atomic E-state index is 0.131. The smallest absolute Gasteiger partial charge is 0.291 e. The highest BCUT2D eigenvalue weighted by molar-refractivity contribution is 6.35. The highest BCUT2D eigenvalue weighted by atomic mass is 35.5. The lowest BCUT2D eigenvalue weighted by Gasteiger charge is -2.05. The van der Waals surface area contributed by atoms with Crippen LogP contribution in [0.2, 0.25) is 10.0 Å². The number of hydrogen-bond donors (Lipinski definition) is 2. The molecule has 1 aromatic heterocycles. The predicted octanol–water partition coefficient (Wildman–Crippen LogP) is 4.87. The molecule has 26 heavy (non-hydrogen) atoms. The fraction of sp³-hybridized carbons (Fsp3) is 0.0526. The molecule has 0 saturated heterocycles. The number of carbonyl (C=O) groups excluding carboxylic acids is 2. The van der Waals surface area contributed by atoms with Gasteiger partial charge < -0.3 is 15.1 Å². The predicted molar refractivity (Wildman–Crippen MR) is 102 cm³/mol. The average molecular weight is 389 g/mol. The second-order valence-electron chi connectivity index (χ2n) is 5.40. The first kappa shape index (κ1) is 18.0. The zero-order valence-corrected chi connectivity index (χ0v) is 15.2. The Labute approximate surface area is 159 Å². The Balaban J connectivity index is 1.76. The Morgan fingerprint density at radius 3 is 2.35 bits per heavy atom. The van der Waals surface area contributed by atoms with Crippen LogP contribution in [0, 0.1) is 0 Å². The summed E-state index contributed by atoms with van der Waals surface area (Å²) in [6, 6.07) is 14.7. The lowest BCUT2D eigenvalue weighted by Crippen LogP contribution is -2.17. The quantitative estimate of drug-likeness (QED) is 0.669.